The summed E-state index contributed by atoms with van der Waals surface area (Å²) in [6.07, 6.45) is 6.12. The molecule has 0 radical (unpaired) electrons. The number of carbonyl (C=O) groups excluding carboxylic acids is 1. The number of thiol groups is 1. The highest BCUT2D eigenvalue weighted by Gasteiger charge is 2.22. The van der Waals surface area contributed by atoms with Crippen LogP contribution in [-0.4, -0.2) is 63.6 Å². The van der Waals surface area contributed by atoms with Gasteiger partial charge in [0, 0.05) is 63.4 Å². The Labute approximate surface area is 175 Å². The van der Waals surface area contributed by atoms with Crippen molar-refractivity contribution < 1.29 is 9.53 Å². The lowest BCUT2D eigenvalue weighted by atomic mass is 10.1. The predicted molar refractivity (Wildman–Crippen MR) is 114 cm³/mol. The number of hydrogen-bond acceptors (Lipinski definition) is 5. The summed E-state index contributed by atoms with van der Waals surface area (Å²) in [5, 5.41) is -0.145. The van der Waals surface area contributed by atoms with Crippen molar-refractivity contribution in [3.8, 4) is 5.75 Å². The van der Waals surface area contributed by atoms with Crippen LogP contribution in [0.4, 0.5) is 4.79 Å². The van der Waals surface area contributed by atoms with Gasteiger partial charge in [-0.1, -0.05) is 12.1 Å². The fraction of sp³-hybridized carbons (Fsp3) is 0.333. The number of piperazine rings is 1. The average Bonchev–Trinajstić information content (AvgIpc) is 3.47. The van der Waals surface area contributed by atoms with Gasteiger partial charge in [0.1, 0.15) is 11.6 Å². The summed E-state index contributed by atoms with van der Waals surface area (Å²) in [5.41, 5.74) is 2.23. The van der Waals surface area contributed by atoms with Crippen LogP contribution in [0.3, 0.4) is 0 Å². The van der Waals surface area contributed by atoms with Gasteiger partial charge in [-0.05, 0) is 29.8 Å². The van der Waals surface area contributed by atoms with Crippen LogP contribution in [0.25, 0.3) is 0 Å². The number of amides is 1. The van der Waals surface area contributed by atoms with Crippen molar-refractivity contribution in [1.82, 2.24) is 24.8 Å². The molecule has 152 valence electrons. The Hall–Kier alpha value is -2.71. The first-order valence-electron chi connectivity index (χ1n) is 9.78. The molecule has 1 aliphatic heterocycles. The molecule has 4 rings (SSSR count). The molecule has 2 N–H and O–H groups in total. The van der Waals surface area contributed by atoms with Crippen LogP contribution in [-0.2, 0) is 6.42 Å². The number of rotatable bonds is 6. The lowest BCUT2D eigenvalue weighted by Gasteiger charge is -2.33. The van der Waals surface area contributed by atoms with E-state index in [1.54, 1.807) is 29.4 Å². The number of benzene rings is 1. The first-order chi connectivity index (χ1) is 14.2. The minimum atomic E-state index is -0.296. The standard InChI is InChI=1S/C21H25N5O2S/c27-21(26-14-12-25(13-15-26)11-7-17-2-1-8-22-17)28-18-5-3-16(4-6-18)19(29)20-23-9-10-24-20/h1-6,8-10,19,22,29H,7,11-15H2,(H,23,24). The van der Waals surface area contributed by atoms with Crippen LogP contribution in [0, 0.1) is 0 Å². The fourth-order valence-electron chi connectivity index (χ4n) is 3.42. The Morgan fingerprint density at radius 2 is 1.90 bits per heavy atom. The molecule has 1 saturated heterocycles. The van der Waals surface area contributed by atoms with Gasteiger partial charge < -0.3 is 19.6 Å². The maximum absolute atomic E-state index is 12.5. The molecule has 0 aliphatic carbocycles. The summed E-state index contributed by atoms with van der Waals surface area (Å²) in [4.78, 5) is 27.1. The van der Waals surface area contributed by atoms with Gasteiger partial charge in [-0.2, -0.15) is 12.6 Å². The van der Waals surface area contributed by atoms with Crippen molar-refractivity contribution in [1.29, 1.82) is 0 Å². The summed E-state index contributed by atoms with van der Waals surface area (Å²) >= 11 is 4.59. The van der Waals surface area contributed by atoms with Crippen LogP contribution in [0.5, 0.6) is 5.75 Å². The lowest BCUT2D eigenvalue weighted by molar-refractivity contribution is 0.111. The van der Waals surface area contributed by atoms with E-state index in [2.05, 4.69) is 38.5 Å². The van der Waals surface area contributed by atoms with Gasteiger partial charge >= 0.3 is 6.09 Å². The average molecular weight is 412 g/mol. The van der Waals surface area contributed by atoms with Crippen LogP contribution >= 0.6 is 12.6 Å². The summed E-state index contributed by atoms with van der Waals surface area (Å²) < 4.78 is 5.55. The van der Waals surface area contributed by atoms with E-state index >= 15 is 0 Å². The van der Waals surface area contributed by atoms with Gasteiger partial charge in [-0.25, -0.2) is 9.78 Å². The Kier molecular flexibility index (Phi) is 6.21. The third kappa shape index (κ3) is 5.02. The topological polar surface area (TPSA) is 77.2 Å². The molecule has 0 bridgehead atoms. The SMILES string of the molecule is O=C(Oc1ccc(C(S)c2ncc[nH]2)cc1)N1CCN(CCc2ccc[nH]2)CC1. The molecule has 7 nitrogen and oxygen atoms in total. The zero-order valence-corrected chi connectivity index (χ0v) is 17.0. The number of hydrogen-bond donors (Lipinski definition) is 3. The molecule has 29 heavy (non-hydrogen) atoms. The lowest BCUT2D eigenvalue weighted by Crippen LogP contribution is -2.49. The maximum Gasteiger partial charge on any atom is 0.415 e. The van der Waals surface area contributed by atoms with Gasteiger partial charge in [0.15, 0.2) is 0 Å². The number of aromatic nitrogens is 3. The number of nitrogens with zero attached hydrogens (tertiary/aromatic N) is 3. The van der Waals surface area contributed by atoms with Gasteiger partial charge in [0.25, 0.3) is 0 Å². The molecule has 1 aliphatic rings. The monoisotopic (exact) mass is 411 g/mol. The van der Waals surface area contributed by atoms with Gasteiger partial charge in [-0.3, -0.25) is 4.90 Å². The Bertz CT molecular complexity index is 888. The Morgan fingerprint density at radius 3 is 2.55 bits per heavy atom. The fourth-order valence-corrected chi connectivity index (χ4v) is 3.74. The Morgan fingerprint density at radius 1 is 1.10 bits per heavy atom. The van der Waals surface area contributed by atoms with Crippen LogP contribution in [0.2, 0.25) is 0 Å². The summed E-state index contributed by atoms with van der Waals surface area (Å²) in [7, 11) is 0. The molecule has 3 aromatic rings. The molecular weight excluding hydrogens is 386 g/mol. The van der Waals surface area contributed by atoms with E-state index in [9.17, 15) is 4.79 Å². The smallest absolute Gasteiger partial charge is 0.410 e. The van der Waals surface area contributed by atoms with E-state index in [1.165, 1.54) is 5.69 Å². The largest absolute Gasteiger partial charge is 0.415 e. The second-order valence-corrected chi connectivity index (χ2v) is 7.60. The molecule has 1 amide bonds. The number of nitrogens with one attached hydrogen (secondary N) is 2. The molecule has 2 aromatic heterocycles. The van der Waals surface area contributed by atoms with Crippen LogP contribution in [0.15, 0.2) is 55.0 Å². The molecule has 3 heterocycles. The van der Waals surface area contributed by atoms with Crippen molar-refractivity contribution in [3.05, 3.63) is 72.1 Å². The second-order valence-electron chi connectivity index (χ2n) is 7.09. The number of ether oxygens (including phenoxy) is 1. The number of imidazole rings is 1. The predicted octanol–water partition coefficient (Wildman–Crippen LogP) is 3.12. The van der Waals surface area contributed by atoms with E-state index in [0.29, 0.717) is 18.8 Å². The summed E-state index contributed by atoms with van der Waals surface area (Å²) in [6, 6.07) is 11.5. The highest BCUT2D eigenvalue weighted by atomic mass is 32.1. The maximum atomic E-state index is 12.5. The highest BCUT2D eigenvalue weighted by Crippen LogP contribution is 2.27. The number of H-pyrrole nitrogens is 2. The molecule has 0 saturated carbocycles. The zero-order valence-electron chi connectivity index (χ0n) is 16.1. The highest BCUT2D eigenvalue weighted by molar-refractivity contribution is 7.80. The van der Waals surface area contributed by atoms with E-state index in [-0.39, 0.29) is 11.3 Å². The van der Waals surface area contributed by atoms with E-state index in [1.807, 2.05) is 24.4 Å². The zero-order chi connectivity index (χ0) is 20.1. The van der Waals surface area contributed by atoms with E-state index in [4.69, 9.17) is 4.74 Å². The number of carbonyl (C=O) groups is 1. The van der Waals surface area contributed by atoms with E-state index in [0.717, 1.165) is 37.4 Å². The third-order valence-corrected chi connectivity index (χ3v) is 5.71. The number of aromatic amines is 2. The molecule has 8 heteroatoms. The van der Waals surface area contributed by atoms with Gasteiger partial charge in [0.05, 0.1) is 5.25 Å². The summed E-state index contributed by atoms with van der Waals surface area (Å²) in [6.45, 7) is 4.07. The minimum absolute atomic E-state index is 0.145. The molecule has 0 spiro atoms. The molecule has 1 atom stereocenters. The van der Waals surface area contributed by atoms with E-state index < -0.39 is 0 Å². The van der Waals surface area contributed by atoms with Crippen LogP contribution < -0.4 is 4.74 Å². The van der Waals surface area contributed by atoms with Crippen molar-refractivity contribution in [2.24, 2.45) is 0 Å². The molecule has 1 aromatic carbocycles. The molecule has 1 fully saturated rings. The quantitative estimate of drug-likeness (QED) is 0.545. The Balaban J connectivity index is 1.24. The van der Waals surface area contributed by atoms with Crippen molar-refractivity contribution in [2.45, 2.75) is 11.7 Å². The second kappa shape index (κ2) is 9.19. The molecular formula is C21H25N5O2S. The van der Waals surface area contributed by atoms with Crippen molar-refractivity contribution >= 4 is 18.7 Å². The van der Waals surface area contributed by atoms with Gasteiger partial charge in [-0.15, -0.1) is 0 Å². The van der Waals surface area contributed by atoms with Crippen molar-refractivity contribution in [3.63, 3.8) is 0 Å². The third-order valence-electron chi connectivity index (χ3n) is 5.17. The van der Waals surface area contributed by atoms with Crippen LogP contribution in [0.1, 0.15) is 22.3 Å². The first-order valence-corrected chi connectivity index (χ1v) is 10.3. The van der Waals surface area contributed by atoms with Crippen molar-refractivity contribution in [2.75, 3.05) is 32.7 Å². The minimum Gasteiger partial charge on any atom is -0.410 e. The summed E-state index contributed by atoms with van der Waals surface area (Å²) in [5.74, 6) is 1.32. The van der Waals surface area contributed by atoms with Gasteiger partial charge in [0.2, 0.25) is 0 Å². The molecule has 1 unspecified atom stereocenters. The first kappa shape index (κ1) is 19.6. The normalized spacial score (nSPS) is 16.0.